The fraction of sp³-hybridized carbons (Fsp3) is 0.600. The second kappa shape index (κ2) is 8.68. The van der Waals surface area contributed by atoms with Gasteiger partial charge in [-0.05, 0) is 37.8 Å². The minimum atomic E-state index is -0.0542. The first kappa shape index (κ1) is 18.9. The van der Waals surface area contributed by atoms with E-state index in [2.05, 4.69) is 25.3 Å². The Kier molecular flexibility index (Phi) is 5.85. The number of carbonyl (C=O) groups excluding carboxylic acids is 1. The second-order valence-electron chi connectivity index (χ2n) is 7.41. The van der Waals surface area contributed by atoms with Crippen LogP contribution < -0.4 is 10.2 Å². The van der Waals surface area contributed by atoms with Crippen LogP contribution in [0.2, 0.25) is 0 Å². The van der Waals surface area contributed by atoms with E-state index in [-0.39, 0.29) is 17.9 Å². The number of nitrogens with one attached hydrogen (secondary N) is 1. The predicted octanol–water partition coefficient (Wildman–Crippen LogP) is 2.21. The summed E-state index contributed by atoms with van der Waals surface area (Å²) in [5.41, 5.74) is 0.839. The number of piperidine rings is 1. The molecule has 8 nitrogen and oxygen atoms in total. The molecule has 0 aliphatic carbocycles. The van der Waals surface area contributed by atoms with Crippen molar-refractivity contribution in [3.8, 4) is 11.4 Å². The number of amides is 1. The lowest BCUT2D eigenvalue weighted by molar-refractivity contribution is -0.125. The number of anilines is 1. The summed E-state index contributed by atoms with van der Waals surface area (Å²) in [6, 6.07) is 3.82. The van der Waals surface area contributed by atoms with E-state index in [9.17, 15) is 4.79 Å². The number of hydrogen-bond acceptors (Lipinski definition) is 7. The molecular weight excluding hydrogens is 358 g/mol. The van der Waals surface area contributed by atoms with E-state index < -0.39 is 0 Å². The van der Waals surface area contributed by atoms with E-state index in [1.165, 1.54) is 0 Å². The van der Waals surface area contributed by atoms with Crippen molar-refractivity contribution in [2.45, 2.75) is 45.1 Å². The van der Waals surface area contributed by atoms with E-state index in [1.54, 1.807) is 6.20 Å². The van der Waals surface area contributed by atoms with Gasteiger partial charge < -0.3 is 19.5 Å². The Labute approximate surface area is 164 Å². The Morgan fingerprint density at radius 3 is 3.07 bits per heavy atom. The third-order valence-electron chi connectivity index (χ3n) is 5.42. The SMILES string of the molecule is CCc1nc(-c2cccnc2N2CCCC(C(=O)NCC3CCCO3)C2)no1. The molecule has 0 saturated carbocycles. The lowest BCUT2D eigenvalue weighted by atomic mass is 9.96. The summed E-state index contributed by atoms with van der Waals surface area (Å²) in [6.45, 7) is 4.88. The average molecular weight is 385 g/mol. The molecule has 2 saturated heterocycles. The Morgan fingerprint density at radius 2 is 2.29 bits per heavy atom. The van der Waals surface area contributed by atoms with E-state index in [4.69, 9.17) is 9.26 Å². The van der Waals surface area contributed by atoms with Gasteiger partial charge >= 0.3 is 0 Å². The molecule has 1 N–H and O–H groups in total. The van der Waals surface area contributed by atoms with Gasteiger partial charge in [-0.25, -0.2) is 4.98 Å². The van der Waals surface area contributed by atoms with Crippen molar-refractivity contribution in [3.05, 3.63) is 24.2 Å². The Morgan fingerprint density at radius 1 is 1.36 bits per heavy atom. The number of pyridine rings is 1. The topological polar surface area (TPSA) is 93.4 Å². The molecule has 1 amide bonds. The summed E-state index contributed by atoms with van der Waals surface area (Å²) in [5, 5.41) is 7.17. The molecule has 8 heteroatoms. The summed E-state index contributed by atoms with van der Waals surface area (Å²) in [4.78, 5) is 23.9. The smallest absolute Gasteiger partial charge is 0.226 e. The van der Waals surface area contributed by atoms with Crippen LogP contribution in [0.3, 0.4) is 0 Å². The highest BCUT2D eigenvalue weighted by Crippen LogP contribution is 2.30. The zero-order chi connectivity index (χ0) is 19.3. The van der Waals surface area contributed by atoms with E-state index in [0.29, 0.717) is 31.2 Å². The second-order valence-corrected chi connectivity index (χ2v) is 7.41. The first-order valence-corrected chi connectivity index (χ1v) is 10.2. The van der Waals surface area contributed by atoms with Crippen LogP contribution in [-0.4, -0.2) is 53.4 Å². The van der Waals surface area contributed by atoms with Crippen molar-refractivity contribution in [2.24, 2.45) is 5.92 Å². The minimum Gasteiger partial charge on any atom is -0.376 e. The summed E-state index contributed by atoms with van der Waals surface area (Å²) < 4.78 is 10.9. The van der Waals surface area contributed by atoms with Crippen molar-refractivity contribution >= 4 is 11.7 Å². The molecule has 2 aliphatic heterocycles. The summed E-state index contributed by atoms with van der Waals surface area (Å²) >= 11 is 0. The molecule has 0 bridgehead atoms. The van der Waals surface area contributed by atoms with E-state index >= 15 is 0 Å². The van der Waals surface area contributed by atoms with Gasteiger partial charge in [0, 0.05) is 38.9 Å². The van der Waals surface area contributed by atoms with Crippen LogP contribution in [0.4, 0.5) is 5.82 Å². The molecule has 2 aromatic rings. The van der Waals surface area contributed by atoms with Crippen LogP contribution in [0.1, 0.15) is 38.5 Å². The van der Waals surface area contributed by atoms with Crippen molar-refractivity contribution in [2.75, 3.05) is 31.1 Å². The third-order valence-corrected chi connectivity index (χ3v) is 5.42. The molecule has 2 aliphatic rings. The standard InChI is InChI=1S/C20H27N5O3/c1-2-17-23-18(24-28-17)16-8-3-9-21-19(16)25-10-4-6-14(13-25)20(26)22-12-15-7-5-11-27-15/h3,8-9,14-15H,2,4-7,10-13H2,1H3,(H,22,26). The largest absolute Gasteiger partial charge is 0.376 e. The number of ether oxygens (including phenoxy) is 1. The normalized spacial score (nSPS) is 22.4. The molecule has 2 aromatic heterocycles. The number of aromatic nitrogens is 3. The third kappa shape index (κ3) is 4.16. The summed E-state index contributed by atoms with van der Waals surface area (Å²) in [6.07, 6.45) is 6.56. The number of nitrogens with zero attached hydrogens (tertiary/aromatic N) is 4. The first-order valence-electron chi connectivity index (χ1n) is 10.2. The first-order chi connectivity index (χ1) is 13.7. The van der Waals surface area contributed by atoms with Gasteiger partial charge in [-0.3, -0.25) is 4.79 Å². The number of hydrogen-bond donors (Lipinski definition) is 1. The average Bonchev–Trinajstić information content (AvgIpc) is 3.44. The van der Waals surface area contributed by atoms with Gasteiger partial charge in [0.15, 0.2) is 0 Å². The fourth-order valence-electron chi connectivity index (χ4n) is 3.88. The van der Waals surface area contributed by atoms with Crippen LogP contribution in [0.15, 0.2) is 22.9 Å². The molecule has 2 atom stereocenters. The van der Waals surface area contributed by atoms with Crippen LogP contribution in [0.5, 0.6) is 0 Å². The predicted molar refractivity (Wildman–Crippen MR) is 104 cm³/mol. The van der Waals surface area contributed by atoms with E-state index in [1.807, 2.05) is 19.1 Å². The molecule has 0 radical (unpaired) electrons. The molecule has 150 valence electrons. The van der Waals surface area contributed by atoms with Crippen LogP contribution in [0, 0.1) is 5.92 Å². The number of carbonyl (C=O) groups is 1. The molecule has 4 rings (SSSR count). The van der Waals surface area contributed by atoms with Crippen molar-refractivity contribution in [3.63, 3.8) is 0 Å². The molecule has 28 heavy (non-hydrogen) atoms. The lowest BCUT2D eigenvalue weighted by Gasteiger charge is -2.33. The summed E-state index contributed by atoms with van der Waals surface area (Å²) in [7, 11) is 0. The molecular formula is C20H27N5O3. The van der Waals surface area contributed by atoms with Gasteiger partial charge in [-0.2, -0.15) is 4.98 Å². The maximum Gasteiger partial charge on any atom is 0.226 e. The molecule has 0 aromatic carbocycles. The van der Waals surface area contributed by atoms with Gasteiger partial charge in [0.25, 0.3) is 0 Å². The molecule has 0 spiro atoms. The van der Waals surface area contributed by atoms with Crippen molar-refractivity contribution in [1.82, 2.24) is 20.4 Å². The van der Waals surface area contributed by atoms with Gasteiger partial charge in [-0.15, -0.1) is 0 Å². The van der Waals surface area contributed by atoms with Crippen LogP contribution >= 0.6 is 0 Å². The highest BCUT2D eigenvalue weighted by atomic mass is 16.5. The Bertz CT molecular complexity index is 803. The highest BCUT2D eigenvalue weighted by molar-refractivity contribution is 5.80. The number of rotatable bonds is 6. The van der Waals surface area contributed by atoms with Crippen LogP contribution in [-0.2, 0) is 16.0 Å². The Hall–Kier alpha value is -2.48. The minimum absolute atomic E-state index is 0.0542. The van der Waals surface area contributed by atoms with Crippen LogP contribution in [0.25, 0.3) is 11.4 Å². The molecule has 4 heterocycles. The monoisotopic (exact) mass is 385 g/mol. The maximum atomic E-state index is 12.7. The number of aryl methyl sites for hydroxylation is 1. The van der Waals surface area contributed by atoms with Gasteiger partial charge in [0.05, 0.1) is 17.6 Å². The maximum absolute atomic E-state index is 12.7. The van der Waals surface area contributed by atoms with Gasteiger partial charge in [0.2, 0.25) is 17.6 Å². The molecule has 2 unspecified atom stereocenters. The zero-order valence-electron chi connectivity index (χ0n) is 16.3. The van der Waals surface area contributed by atoms with E-state index in [0.717, 1.165) is 50.2 Å². The fourth-order valence-corrected chi connectivity index (χ4v) is 3.88. The Balaban J connectivity index is 1.45. The zero-order valence-corrected chi connectivity index (χ0v) is 16.3. The van der Waals surface area contributed by atoms with Gasteiger partial charge in [-0.1, -0.05) is 12.1 Å². The van der Waals surface area contributed by atoms with Crippen molar-refractivity contribution in [1.29, 1.82) is 0 Å². The van der Waals surface area contributed by atoms with Gasteiger partial charge in [0.1, 0.15) is 5.82 Å². The van der Waals surface area contributed by atoms with Crippen molar-refractivity contribution < 1.29 is 14.1 Å². The lowest BCUT2D eigenvalue weighted by Crippen LogP contribution is -2.45. The quantitative estimate of drug-likeness (QED) is 0.815. The molecule has 2 fully saturated rings. The summed E-state index contributed by atoms with van der Waals surface area (Å²) in [5.74, 6) is 2.01. The highest BCUT2D eigenvalue weighted by Gasteiger charge is 2.29.